The predicted molar refractivity (Wildman–Crippen MR) is 64.5 cm³/mol. The Kier molecular flexibility index (Phi) is 3.78. The highest BCUT2D eigenvalue weighted by Gasteiger charge is 2.23. The van der Waals surface area contributed by atoms with Crippen LogP contribution in [0.3, 0.4) is 0 Å². The maximum absolute atomic E-state index is 6.03. The third-order valence-electron chi connectivity index (χ3n) is 2.86. The molecule has 0 saturated carbocycles. The summed E-state index contributed by atoms with van der Waals surface area (Å²) in [7, 11) is 0. The van der Waals surface area contributed by atoms with E-state index in [1.165, 1.54) is 9.75 Å². The predicted octanol–water partition coefficient (Wildman–Crippen LogP) is 2.75. The molecule has 0 aliphatic carbocycles. The molecule has 3 heteroatoms. The Morgan fingerprint density at radius 1 is 1.40 bits per heavy atom. The molecule has 2 heterocycles. The quantitative estimate of drug-likeness (QED) is 0.854. The largest absolute Gasteiger partial charge is 0.367 e. The second-order valence-electron chi connectivity index (χ2n) is 3.97. The van der Waals surface area contributed by atoms with Crippen molar-refractivity contribution >= 4 is 11.3 Å². The van der Waals surface area contributed by atoms with Crippen LogP contribution in [0.5, 0.6) is 0 Å². The molecule has 0 amide bonds. The van der Waals surface area contributed by atoms with Crippen LogP contribution in [0.25, 0.3) is 0 Å². The van der Waals surface area contributed by atoms with E-state index in [2.05, 4.69) is 31.3 Å². The molecule has 1 aromatic heterocycles. The average Bonchev–Trinajstić information content (AvgIpc) is 2.78. The van der Waals surface area contributed by atoms with E-state index < -0.39 is 0 Å². The van der Waals surface area contributed by atoms with Gasteiger partial charge in [-0.1, -0.05) is 13.8 Å². The van der Waals surface area contributed by atoms with Gasteiger partial charge in [0, 0.05) is 22.8 Å². The number of hydrogen-bond donors (Lipinski definition) is 1. The molecule has 1 aliphatic heterocycles. The van der Waals surface area contributed by atoms with E-state index in [1.54, 1.807) is 0 Å². The minimum absolute atomic E-state index is 0.272. The van der Waals surface area contributed by atoms with E-state index in [1.807, 2.05) is 11.3 Å². The molecule has 1 fully saturated rings. The summed E-state index contributed by atoms with van der Waals surface area (Å²) < 4.78 is 6.03. The maximum atomic E-state index is 6.03. The second-order valence-corrected chi connectivity index (χ2v) is 5.17. The van der Waals surface area contributed by atoms with Gasteiger partial charge in [-0.3, -0.25) is 0 Å². The molecule has 84 valence electrons. The van der Waals surface area contributed by atoms with Gasteiger partial charge in [0.15, 0.2) is 0 Å². The van der Waals surface area contributed by atoms with E-state index in [-0.39, 0.29) is 6.10 Å². The molecule has 1 N–H and O–H groups in total. The van der Waals surface area contributed by atoms with Crippen molar-refractivity contribution in [3.63, 3.8) is 0 Å². The summed E-state index contributed by atoms with van der Waals surface area (Å²) >= 11 is 1.89. The summed E-state index contributed by atoms with van der Waals surface area (Å²) in [4.78, 5) is 2.82. The first-order chi connectivity index (χ1) is 7.33. The normalized spacial score (nSPS) is 26.8. The zero-order chi connectivity index (χ0) is 10.7. The lowest BCUT2D eigenvalue weighted by atomic mass is 10.2. The molecule has 2 nitrogen and oxygen atoms in total. The lowest BCUT2D eigenvalue weighted by Gasteiger charge is -2.29. The van der Waals surface area contributed by atoms with Gasteiger partial charge in [0.05, 0.1) is 6.10 Å². The molecule has 2 atom stereocenters. The van der Waals surface area contributed by atoms with Gasteiger partial charge in [-0.15, -0.1) is 11.3 Å². The van der Waals surface area contributed by atoms with Gasteiger partial charge in [-0.05, 0) is 25.0 Å². The average molecular weight is 225 g/mol. The smallest absolute Gasteiger partial charge is 0.104 e. The highest BCUT2D eigenvalue weighted by Crippen LogP contribution is 2.28. The molecule has 2 unspecified atom stereocenters. The van der Waals surface area contributed by atoms with Crippen molar-refractivity contribution < 1.29 is 4.74 Å². The van der Waals surface area contributed by atoms with Crippen LogP contribution in [-0.2, 0) is 11.2 Å². The summed E-state index contributed by atoms with van der Waals surface area (Å²) in [5.74, 6) is 0. The number of morpholine rings is 1. The van der Waals surface area contributed by atoms with E-state index in [9.17, 15) is 0 Å². The van der Waals surface area contributed by atoms with Gasteiger partial charge < -0.3 is 10.1 Å². The van der Waals surface area contributed by atoms with Crippen LogP contribution in [-0.4, -0.2) is 19.2 Å². The topological polar surface area (TPSA) is 21.3 Å². The molecular formula is C12H19NOS. The Morgan fingerprint density at radius 3 is 2.93 bits per heavy atom. The van der Waals surface area contributed by atoms with Crippen molar-refractivity contribution in [1.29, 1.82) is 0 Å². The molecule has 0 radical (unpaired) electrons. The lowest BCUT2D eigenvalue weighted by Crippen LogP contribution is -2.39. The molecule has 1 aliphatic rings. The fraction of sp³-hybridized carbons (Fsp3) is 0.667. The van der Waals surface area contributed by atoms with E-state index in [0.717, 1.165) is 25.9 Å². The maximum Gasteiger partial charge on any atom is 0.104 e. The molecule has 15 heavy (non-hydrogen) atoms. The molecule has 0 spiro atoms. The van der Waals surface area contributed by atoms with Crippen molar-refractivity contribution in [2.24, 2.45) is 0 Å². The molecule has 0 aromatic carbocycles. The Hall–Kier alpha value is -0.380. The second kappa shape index (κ2) is 5.10. The first-order valence-electron chi connectivity index (χ1n) is 5.78. The Bertz CT molecular complexity index is 310. The molecule has 2 rings (SSSR count). The Balaban J connectivity index is 2.03. The molecule has 1 aromatic rings. The van der Waals surface area contributed by atoms with Crippen molar-refractivity contribution in [1.82, 2.24) is 5.32 Å². The van der Waals surface area contributed by atoms with Crippen LogP contribution in [0, 0.1) is 0 Å². The van der Waals surface area contributed by atoms with Gasteiger partial charge in [0.2, 0.25) is 0 Å². The number of aryl methyl sites for hydroxylation is 1. The Labute approximate surface area is 95.6 Å². The molecular weight excluding hydrogens is 206 g/mol. The van der Waals surface area contributed by atoms with Crippen LogP contribution >= 0.6 is 11.3 Å². The molecule has 0 bridgehead atoms. The summed E-state index contributed by atoms with van der Waals surface area (Å²) in [6.45, 7) is 6.34. The zero-order valence-corrected chi connectivity index (χ0v) is 10.3. The van der Waals surface area contributed by atoms with Gasteiger partial charge in [0.1, 0.15) is 6.10 Å². The minimum Gasteiger partial charge on any atom is -0.367 e. The SMILES string of the molecule is CCc1ccc(C2CNCC(CC)O2)s1. The number of hydrogen-bond acceptors (Lipinski definition) is 3. The third-order valence-corrected chi connectivity index (χ3v) is 4.18. The van der Waals surface area contributed by atoms with Gasteiger partial charge in [-0.25, -0.2) is 0 Å². The Morgan fingerprint density at radius 2 is 2.27 bits per heavy atom. The van der Waals surface area contributed by atoms with Crippen molar-refractivity contribution in [3.05, 3.63) is 21.9 Å². The first-order valence-corrected chi connectivity index (χ1v) is 6.60. The van der Waals surface area contributed by atoms with E-state index >= 15 is 0 Å². The lowest BCUT2D eigenvalue weighted by molar-refractivity contribution is -0.0382. The van der Waals surface area contributed by atoms with Gasteiger partial charge in [-0.2, -0.15) is 0 Å². The monoisotopic (exact) mass is 225 g/mol. The van der Waals surface area contributed by atoms with Crippen molar-refractivity contribution in [2.45, 2.75) is 38.9 Å². The van der Waals surface area contributed by atoms with E-state index in [0.29, 0.717) is 6.10 Å². The number of rotatable bonds is 3. The van der Waals surface area contributed by atoms with Crippen LogP contribution < -0.4 is 5.32 Å². The van der Waals surface area contributed by atoms with Crippen molar-refractivity contribution in [3.8, 4) is 0 Å². The van der Waals surface area contributed by atoms with Crippen molar-refractivity contribution in [2.75, 3.05) is 13.1 Å². The summed E-state index contributed by atoms with van der Waals surface area (Å²) in [5, 5.41) is 3.44. The standard InChI is InChI=1S/C12H19NOS/c1-3-9-7-13-8-11(14-9)12-6-5-10(4-2)15-12/h5-6,9,11,13H,3-4,7-8H2,1-2H3. The van der Waals surface area contributed by atoms with Gasteiger partial charge in [0.25, 0.3) is 0 Å². The van der Waals surface area contributed by atoms with Crippen LogP contribution in [0.2, 0.25) is 0 Å². The van der Waals surface area contributed by atoms with Crippen LogP contribution in [0.4, 0.5) is 0 Å². The molecule has 1 saturated heterocycles. The fourth-order valence-corrected chi connectivity index (χ4v) is 2.86. The highest BCUT2D eigenvalue weighted by molar-refractivity contribution is 7.12. The summed E-state index contributed by atoms with van der Waals surface area (Å²) in [6.07, 6.45) is 2.88. The van der Waals surface area contributed by atoms with Crippen LogP contribution in [0.15, 0.2) is 12.1 Å². The highest BCUT2D eigenvalue weighted by atomic mass is 32.1. The van der Waals surface area contributed by atoms with Crippen LogP contribution in [0.1, 0.15) is 36.1 Å². The van der Waals surface area contributed by atoms with Gasteiger partial charge >= 0.3 is 0 Å². The summed E-state index contributed by atoms with van der Waals surface area (Å²) in [6, 6.07) is 4.44. The zero-order valence-electron chi connectivity index (χ0n) is 9.45. The first kappa shape index (κ1) is 11.1. The van der Waals surface area contributed by atoms with E-state index in [4.69, 9.17) is 4.74 Å². The number of thiophene rings is 1. The number of ether oxygens (including phenoxy) is 1. The number of nitrogens with one attached hydrogen (secondary N) is 1. The fourth-order valence-electron chi connectivity index (χ4n) is 1.87. The summed E-state index contributed by atoms with van der Waals surface area (Å²) in [5.41, 5.74) is 0. The third kappa shape index (κ3) is 2.60. The minimum atomic E-state index is 0.272.